The number of hydrogen-bond acceptors (Lipinski definition) is 4. The van der Waals surface area contributed by atoms with Crippen LogP contribution < -0.4 is 4.90 Å². The molecule has 0 fully saturated rings. The van der Waals surface area contributed by atoms with Gasteiger partial charge in [-0.2, -0.15) is 0 Å². The van der Waals surface area contributed by atoms with Crippen molar-refractivity contribution in [3.8, 4) is 0 Å². The predicted molar refractivity (Wildman–Crippen MR) is 37.8 cm³/mol. The second kappa shape index (κ2) is 2.74. The number of carbonyl (C=O) groups is 1. The first-order chi connectivity index (χ1) is 4.72. The van der Waals surface area contributed by atoms with Gasteiger partial charge < -0.3 is 0 Å². The zero-order valence-electron chi connectivity index (χ0n) is 5.66. The smallest absolute Gasteiger partial charge is 0.225 e. The molecular formula is C5H6N3OS. The van der Waals surface area contributed by atoms with Gasteiger partial charge in [-0.15, -0.1) is 10.2 Å². The number of aromatic nitrogens is 2. The van der Waals surface area contributed by atoms with E-state index in [1.165, 1.54) is 23.2 Å². The maximum absolute atomic E-state index is 10.7. The molecule has 5 heteroatoms. The van der Waals surface area contributed by atoms with Crippen molar-refractivity contribution in [1.82, 2.24) is 10.2 Å². The van der Waals surface area contributed by atoms with Crippen molar-refractivity contribution >= 4 is 22.4 Å². The molecule has 0 aliphatic rings. The highest BCUT2D eigenvalue weighted by molar-refractivity contribution is 7.13. The zero-order chi connectivity index (χ0) is 7.56. The third kappa shape index (κ3) is 1.30. The Morgan fingerprint density at radius 2 is 2.50 bits per heavy atom. The summed E-state index contributed by atoms with van der Waals surface area (Å²) < 4.78 is 0. The third-order valence-electron chi connectivity index (χ3n) is 1.07. The summed E-state index contributed by atoms with van der Waals surface area (Å²) in [5, 5.41) is 7.71. The van der Waals surface area contributed by atoms with Gasteiger partial charge in [-0.1, -0.05) is 11.3 Å². The number of rotatable bonds is 1. The monoisotopic (exact) mass is 156 g/mol. The Bertz CT molecular complexity index is 221. The molecule has 53 valence electrons. The fourth-order valence-corrected chi connectivity index (χ4v) is 0.926. The lowest BCUT2D eigenvalue weighted by molar-refractivity contribution is -0.116. The zero-order valence-corrected chi connectivity index (χ0v) is 6.47. The van der Waals surface area contributed by atoms with Crippen LogP contribution in [0.5, 0.6) is 0 Å². The molecule has 0 saturated carbocycles. The summed E-state index contributed by atoms with van der Waals surface area (Å²) in [5.41, 5.74) is 2.55. The summed E-state index contributed by atoms with van der Waals surface area (Å²) in [4.78, 5) is 12.1. The van der Waals surface area contributed by atoms with Crippen molar-refractivity contribution in [3.05, 3.63) is 5.51 Å². The Kier molecular flexibility index (Phi) is 1.96. The third-order valence-corrected chi connectivity index (χ3v) is 1.78. The van der Waals surface area contributed by atoms with Gasteiger partial charge in [0.1, 0.15) is 0 Å². The van der Waals surface area contributed by atoms with Crippen molar-refractivity contribution in [1.29, 1.82) is 0 Å². The molecule has 0 bridgehead atoms. The lowest BCUT2D eigenvalue weighted by atomic mass is 10.6. The van der Waals surface area contributed by atoms with Gasteiger partial charge in [0.25, 0.3) is 0 Å². The molecule has 4 nitrogen and oxygen atoms in total. The van der Waals surface area contributed by atoms with E-state index in [0.717, 1.165) is 0 Å². The summed E-state index contributed by atoms with van der Waals surface area (Å²) in [6, 6.07) is 0. The van der Waals surface area contributed by atoms with Crippen LogP contribution in [-0.2, 0) is 4.79 Å². The molecule has 0 aliphatic heterocycles. The van der Waals surface area contributed by atoms with E-state index in [0.29, 0.717) is 5.13 Å². The van der Waals surface area contributed by atoms with Gasteiger partial charge in [-0.3, -0.25) is 9.69 Å². The van der Waals surface area contributed by atoms with Gasteiger partial charge in [0.05, 0.1) is 0 Å². The standard InChI is InChI=1S/C5H6N3OS/c1-4(9)8(2)5-7-6-3-10-5/h1-2H3. The molecule has 0 aromatic carbocycles. The first kappa shape index (κ1) is 7.14. The van der Waals surface area contributed by atoms with Crippen molar-refractivity contribution < 1.29 is 4.79 Å². The van der Waals surface area contributed by atoms with E-state index in [-0.39, 0.29) is 5.91 Å². The van der Waals surface area contributed by atoms with E-state index in [1.807, 2.05) is 0 Å². The van der Waals surface area contributed by atoms with E-state index in [2.05, 4.69) is 15.7 Å². The minimum Gasteiger partial charge on any atom is -0.290 e. The second-order valence-corrected chi connectivity index (χ2v) is 2.51. The minimum absolute atomic E-state index is 0.0508. The quantitative estimate of drug-likeness (QED) is 0.588. The van der Waals surface area contributed by atoms with Crippen LogP contribution in [0.1, 0.15) is 6.92 Å². The van der Waals surface area contributed by atoms with Gasteiger partial charge in [-0.05, 0) is 0 Å². The maximum atomic E-state index is 10.7. The van der Waals surface area contributed by atoms with Crippen molar-refractivity contribution in [3.63, 3.8) is 0 Å². The molecule has 10 heavy (non-hydrogen) atoms. The second-order valence-electron chi connectivity index (χ2n) is 1.75. The molecule has 0 atom stereocenters. The topological polar surface area (TPSA) is 46.1 Å². The molecular weight excluding hydrogens is 150 g/mol. The molecule has 0 spiro atoms. The van der Waals surface area contributed by atoms with E-state index >= 15 is 0 Å². The van der Waals surface area contributed by atoms with E-state index in [1.54, 1.807) is 7.05 Å². The summed E-state index contributed by atoms with van der Waals surface area (Å²) in [5.74, 6) is -0.0508. The molecule has 0 aliphatic carbocycles. The Balaban J connectivity index is 2.77. The van der Waals surface area contributed by atoms with Gasteiger partial charge in [0.2, 0.25) is 11.0 Å². The molecule has 0 N–H and O–H groups in total. The maximum Gasteiger partial charge on any atom is 0.225 e. The highest BCUT2D eigenvalue weighted by Crippen LogP contribution is 2.12. The van der Waals surface area contributed by atoms with Crippen LogP contribution in [0, 0.1) is 5.51 Å². The van der Waals surface area contributed by atoms with E-state index in [9.17, 15) is 4.79 Å². The molecule has 1 amide bonds. The van der Waals surface area contributed by atoms with Gasteiger partial charge in [-0.25, -0.2) is 0 Å². The number of hydrogen-bond donors (Lipinski definition) is 0. The summed E-state index contributed by atoms with van der Waals surface area (Å²) in [7, 11) is 1.65. The molecule has 1 rings (SSSR count). The largest absolute Gasteiger partial charge is 0.290 e. The Morgan fingerprint density at radius 1 is 1.80 bits per heavy atom. The lowest BCUT2D eigenvalue weighted by Gasteiger charge is -2.07. The first-order valence-corrected chi connectivity index (χ1v) is 3.47. The minimum atomic E-state index is -0.0508. The van der Waals surface area contributed by atoms with E-state index < -0.39 is 0 Å². The molecule has 1 heterocycles. The Labute approximate surface area is 62.5 Å². The van der Waals surface area contributed by atoms with Crippen LogP contribution in [0.3, 0.4) is 0 Å². The highest BCUT2D eigenvalue weighted by atomic mass is 32.1. The highest BCUT2D eigenvalue weighted by Gasteiger charge is 2.07. The average Bonchev–Trinajstić information content (AvgIpc) is 2.36. The molecule has 1 aromatic heterocycles. The number of carbonyl (C=O) groups excluding carboxylic acids is 1. The van der Waals surface area contributed by atoms with Crippen LogP contribution >= 0.6 is 11.3 Å². The van der Waals surface area contributed by atoms with Crippen LogP contribution in [0.4, 0.5) is 5.13 Å². The Hall–Kier alpha value is -0.970. The summed E-state index contributed by atoms with van der Waals surface area (Å²) in [6.45, 7) is 1.47. The van der Waals surface area contributed by atoms with Crippen LogP contribution in [-0.4, -0.2) is 23.2 Å². The first-order valence-electron chi connectivity index (χ1n) is 2.65. The number of amides is 1. The van der Waals surface area contributed by atoms with Crippen LogP contribution in [0.15, 0.2) is 0 Å². The molecule has 1 aromatic rings. The SMILES string of the molecule is CC(=O)N(C)c1nn[c]s1. The van der Waals surface area contributed by atoms with E-state index in [4.69, 9.17) is 0 Å². The van der Waals surface area contributed by atoms with Crippen molar-refractivity contribution in [2.75, 3.05) is 11.9 Å². The van der Waals surface area contributed by atoms with Gasteiger partial charge in [0.15, 0.2) is 5.51 Å². The number of nitrogens with zero attached hydrogens (tertiary/aromatic N) is 3. The van der Waals surface area contributed by atoms with Gasteiger partial charge >= 0.3 is 0 Å². The fourth-order valence-electron chi connectivity index (χ4n) is 0.415. The fraction of sp³-hybridized carbons (Fsp3) is 0.400. The van der Waals surface area contributed by atoms with Crippen LogP contribution in [0.2, 0.25) is 0 Å². The summed E-state index contributed by atoms with van der Waals surface area (Å²) >= 11 is 1.22. The van der Waals surface area contributed by atoms with Crippen LogP contribution in [0.25, 0.3) is 0 Å². The number of anilines is 1. The normalized spacial score (nSPS) is 9.40. The predicted octanol–water partition coefficient (Wildman–Crippen LogP) is 0.321. The van der Waals surface area contributed by atoms with Gasteiger partial charge in [0, 0.05) is 14.0 Å². The van der Waals surface area contributed by atoms with Crippen molar-refractivity contribution in [2.24, 2.45) is 0 Å². The van der Waals surface area contributed by atoms with Crippen molar-refractivity contribution in [2.45, 2.75) is 6.92 Å². The molecule has 0 saturated heterocycles. The average molecular weight is 156 g/mol. The molecule has 0 unspecified atom stereocenters. The summed E-state index contributed by atoms with van der Waals surface area (Å²) in [6.07, 6.45) is 0. The molecule has 1 radical (unpaired) electrons. The Morgan fingerprint density at radius 3 is 2.90 bits per heavy atom. The lowest BCUT2D eigenvalue weighted by Crippen LogP contribution is -2.22.